The van der Waals surface area contributed by atoms with E-state index in [0.29, 0.717) is 10.8 Å². The standard InChI is InChI=1S/C10H16N4O2S2.HI/c1-2-5-12-10(11)13-6-7-14-18(15,16)9-4-3-8-17-9;/h2-4,8,14H,1,5-7H2,(H3,11,12,13);1H. The fourth-order valence-corrected chi connectivity index (χ4v) is 3.14. The second kappa shape index (κ2) is 9.28. The quantitative estimate of drug-likeness (QED) is 0.201. The van der Waals surface area contributed by atoms with E-state index in [9.17, 15) is 8.42 Å². The van der Waals surface area contributed by atoms with Crippen LogP contribution in [0.1, 0.15) is 0 Å². The lowest BCUT2D eigenvalue weighted by molar-refractivity contribution is 0.584. The summed E-state index contributed by atoms with van der Waals surface area (Å²) < 4.78 is 26.1. The number of rotatable bonds is 7. The predicted molar refractivity (Wildman–Crippen MR) is 89.6 cm³/mol. The highest BCUT2D eigenvalue weighted by Crippen LogP contribution is 2.14. The molecule has 0 bridgehead atoms. The van der Waals surface area contributed by atoms with Crippen molar-refractivity contribution in [2.24, 2.45) is 10.7 Å². The first-order valence-corrected chi connectivity index (χ1v) is 7.60. The van der Waals surface area contributed by atoms with Gasteiger partial charge < -0.3 is 11.1 Å². The molecular formula is C10H17IN4O2S2. The molecule has 6 nitrogen and oxygen atoms in total. The minimum atomic E-state index is -3.41. The number of nitrogens with one attached hydrogen (secondary N) is 2. The highest BCUT2D eigenvalue weighted by Gasteiger charge is 2.13. The normalized spacial score (nSPS) is 11.7. The van der Waals surface area contributed by atoms with Crippen molar-refractivity contribution in [2.45, 2.75) is 4.21 Å². The first-order valence-electron chi connectivity index (χ1n) is 5.24. The van der Waals surface area contributed by atoms with Gasteiger partial charge in [-0.25, -0.2) is 13.1 Å². The molecule has 0 aromatic carbocycles. The van der Waals surface area contributed by atoms with Gasteiger partial charge in [-0.05, 0) is 11.4 Å². The molecule has 0 aliphatic rings. The van der Waals surface area contributed by atoms with Crippen molar-refractivity contribution in [3.05, 3.63) is 30.2 Å². The molecule has 19 heavy (non-hydrogen) atoms. The van der Waals surface area contributed by atoms with Crippen LogP contribution in [0.4, 0.5) is 0 Å². The van der Waals surface area contributed by atoms with Crippen LogP contribution in [0, 0.1) is 0 Å². The van der Waals surface area contributed by atoms with Crippen molar-refractivity contribution in [3.63, 3.8) is 0 Å². The maximum Gasteiger partial charge on any atom is 0.250 e. The van der Waals surface area contributed by atoms with Crippen LogP contribution in [0.5, 0.6) is 0 Å². The number of sulfonamides is 1. The van der Waals surface area contributed by atoms with Crippen LogP contribution >= 0.6 is 35.3 Å². The third-order valence-corrected chi connectivity index (χ3v) is 4.73. The first-order chi connectivity index (χ1) is 8.56. The Kier molecular flexibility index (Phi) is 8.97. The Morgan fingerprint density at radius 1 is 1.58 bits per heavy atom. The van der Waals surface area contributed by atoms with E-state index >= 15 is 0 Å². The summed E-state index contributed by atoms with van der Waals surface area (Å²) in [6.07, 6.45) is 1.65. The average Bonchev–Trinajstić information content (AvgIpc) is 2.86. The third-order valence-electron chi connectivity index (χ3n) is 1.87. The van der Waals surface area contributed by atoms with Crippen LogP contribution in [-0.4, -0.2) is 34.0 Å². The van der Waals surface area contributed by atoms with Gasteiger partial charge in [0.15, 0.2) is 5.96 Å². The van der Waals surface area contributed by atoms with Gasteiger partial charge in [0.05, 0.1) is 6.54 Å². The molecule has 0 spiro atoms. The number of guanidine groups is 1. The Hall–Kier alpha value is -0.650. The van der Waals surface area contributed by atoms with Crippen molar-refractivity contribution < 1.29 is 8.42 Å². The predicted octanol–water partition coefficient (Wildman–Crippen LogP) is 0.735. The lowest BCUT2D eigenvalue weighted by atomic mass is 10.6. The van der Waals surface area contributed by atoms with Gasteiger partial charge in [0.25, 0.3) is 0 Å². The fourth-order valence-electron chi connectivity index (χ4n) is 1.08. The molecule has 0 fully saturated rings. The largest absolute Gasteiger partial charge is 0.370 e. The summed E-state index contributed by atoms with van der Waals surface area (Å²) in [5, 5.41) is 4.50. The third kappa shape index (κ3) is 6.89. The van der Waals surface area contributed by atoms with E-state index in [1.165, 1.54) is 11.3 Å². The Balaban J connectivity index is 0.00000324. The number of thiophene rings is 1. The number of hydrogen-bond donors (Lipinski definition) is 3. The number of nitrogens with zero attached hydrogens (tertiary/aromatic N) is 1. The van der Waals surface area contributed by atoms with Gasteiger partial charge >= 0.3 is 0 Å². The van der Waals surface area contributed by atoms with Crippen molar-refractivity contribution in [3.8, 4) is 0 Å². The van der Waals surface area contributed by atoms with Gasteiger partial charge in [0, 0.05) is 13.1 Å². The molecule has 0 radical (unpaired) electrons. The summed E-state index contributed by atoms with van der Waals surface area (Å²) in [4.78, 5) is 3.96. The van der Waals surface area contributed by atoms with E-state index in [1.807, 2.05) is 0 Å². The summed E-state index contributed by atoms with van der Waals surface area (Å²) in [5.74, 6) is 0.269. The number of hydrogen-bond acceptors (Lipinski definition) is 4. The van der Waals surface area contributed by atoms with E-state index in [-0.39, 0.29) is 43.0 Å². The molecule has 0 atom stereocenters. The fraction of sp³-hybridized carbons (Fsp3) is 0.300. The Labute approximate surface area is 134 Å². The molecule has 1 heterocycles. The van der Waals surface area contributed by atoms with E-state index in [1.54, 1.807) is 23.6 Å². The van der Waals surface area contributed by atoms with Crippen LogP contribution in [0.15, 0.2) is 39.4 Å². The molecule has 4 N–H and O–H groups in total. The summed E-state index contributed by atoms with van der Waals surface area (Å²) in [6.45, 7) is 4.53. The molecule has 0 amide bonds. The first kappa shape index (κ1) is 18.4. The summed E-state index contributed by atoms with van der Waals surface area (Å²) in [5.41, 5.74) is 5.52. The summed E-state index contributed by atoms with van der Waals surface area (Å²) in [7, 11) is -3.41. The second-order valence-electron chi connectivity index (χ2n) is 3.27. The van der Waals surface area contributed by atoms with E-state index < -0.39 is 10.0 Å². The molecule has 1 aromatic heterocycles. The topological polar surface area (TPSA) is 96.6 Å². The van der Waals surface area contributed by atoms with Crippen LogP contribution in [0.3, 0.4) is 0 Å². The van der Waals surface area contributed by atoms with Crippen LogP contribution < -0.4 is 15.8 Å². The molecule has 0 unspecified atom stereocenters. The maximum absolute atomic E-state index is 11.7. The van der Waals surface area contributed by atoms with Gasteiger partial charge in [0.2, 0.25) is 10.0 Å². The van der Waals surface area contributed by atoms with Crippen LogP contribution in [0.25, 0.3) is 0 Å². The van der Waals surface area contributed by atoms with Crippen molar-refractivity contribution in [1.82, 2.24) is 10.0 Å². The number of aliphatic imine (C=N–C) groups is 1. The molecule has 108 valence electrons. The average molecular weight is 416 g/mol. The second-order valence-corrected chi connectivity index (χ2v) is 6.21. The minimum Gasteiger partial charge on any atom is -0.370 e. The summed E-state index contributed by atoms with van der Waals surface area (Å²) >= 11 is 1.17. The molecular weight excluding hydrogens is 399 g/mol. The van der Waals surface area contributed by atoms with Crippen LogP contribution in [0.2, 0.25) is 0 Å². The van der Waals surface area contributed by atoms with Gasteiger partial charge in [-0.3, -0.25) is 4.99 Å². The van der Waals surface area contributed by atoms with Crippen molar-refractivity contribution in [1.29, 1.82) is 0 Å². The van der Waals surface area contributed by atoms with E-state index in [2.05, 4.69) is 21.6 Å². The maximum atomic E-state index is 11.7. The minimum absolute atomic E-state index is 0. The highest BCUT2D eigenvalue weighted by molar-refractivity contribution is 14.0. The zero-order valence-electron chi connectivity index (χ0n) is 10.2. The van der Waals surface area contributed by atoms with Gasteiger partial charge in [-0.1, -0.05) is 12.1 Å². The molecule has 0 aliphatic heterocycles. The van der Waals surface area contributed by atoms with E-state index in [0.717, 1.165) is 0 Å². The Morgan fingerprint density at radius 2 is 2.32 bits per heavy atom. The lowest BCUT2D eigenvalue weighted by Crippen LogP contribution is -2.33. The molecule has 1 aromatic rings. The summed E-state index contributed by atoms with van der Waals surface area (Å²) in [6, 6.07) is 3.24. The smallest absolute Gasteiger partial charge is 0.250 e. The highest BCUT2D eigenvalue weighted by atomic mass is 127. The van der Waals surface area contributed by atoms with Gasteiger partial charge in [-0.2, -0.15) is 0 Å². The van der Waals surface area contributed by atoms with Crippen LogP contribution in [-0.2, 0) is 10.0 Å². The SMILES string of the molecule is C=CCNC(N)=NCCNS(=O)(=O)c1cccs1.I. The van der Waals surface area contributed by atoms with Crippen molar-refractivity contribution in [2.75, 3.05) is 19.6 Å². The zero-order chi connectivity index (χ0) is 13.4. The molecule has 1 rings (SSSR count). The molecule has 0 saturated carbocycles. The lowest BCUT2D eigenvalue weighted by Gasteiger charge is -2.04. The van der Waals surface area contributed by atoms with Gasteiger partial charge in [0.1, 0.15) is 4.21 Å². The Bertz CT molecular complexity index is 500. The molecule has 0 aliphatic carbocycles. The zero-order valence-corrected chi connectivity index (χ0v) is 14.2. The number of halogens is 1. The van der Waals surface area contributed by atoms with E-state index in [4.69, 9.17) is 5.73 Å². The monoisotopic (exact) mass is 416 g/mol. The van der Waals surface area contributed by atoms with Crippen molar-refractivity contribution >= 4 is 51.3 Å². The Morgan fingerprint density at radius 3 is 2.89 bits per heavy atom. The molecule has 9 heteroatoms. The number of nitrogens with two attached hydrogens (primary N) is 1. The molecule has 0 saturated heterocycles. The van der Waals surface area contributed by atoms with Gasteiger partial charge in [-0.15, -0.1) is 41.9 Å².